The Morgan fingerprint density at radius 2 is 1.83 bits per heavy atom. The van der Waals surface area contributed by atoms with E-state index in [-0.39, 0.29) is 17.2 Å². The van der Waals surface area contributed by atoms with Crippen molar-refractivity contribution in [2.24, 2.45) is 5.41 Å². The third-order valence-corrected chi connectivity index (χ3v) is 5.68. The molecule has 1 aromatic rings. The molecule has 3 heterocycles. The van der Waals surface area contributed by atoms with E-state index in [2.05, 4.69) is 48.0 Å². The molecule has 8 nitrogen and oxygen atoms in total. The molecule has 1 N–H and O–H groups in total. The van der Waals surface area contributed by atoms with Crippen molar-refractivity contribution in [1.82, 2.24) is 20.2 Å². The third-order valence-electron chi connectivity index (χ3n) is 5.68. The summed E-state index contributed by atoms with van der Waals surface area (Å²) in [5.41, 5.74) is 1.37. The van der Waals surface area contributed by atoms with E-state index < -0.39 is 0 Å². The van der Waals surface area contributed by atoms with Gasteiger partial charge in [0.05, 0.1) is 13.2 Å². The van der Waals surface area contributed by atoms with Gasteiger partial charge >= 0.3 is 0 Å². The van der Waals surface area contributed by atoms with Crippen molar-refractivity contribution in [1.29, 1.82) is 0 Å². The number of anilines is 1. The number of carbonyl (C=O) groups excluding carboxylic acids is 1. The summed E-state index contributed by atoms with van der Waals surface area (Å²) in [6.07, 6.45) is 1.90. The van der Waals surface area contributed by atoms with Gasteiger partial charge in [0.1, 0.15) is 5.69 Å². The number of ether oxygens (including phenoxy) is 2. The minimum absolute atomic E-state index is 0.0400. The van der Waals surface area contributed by atoms with Gasteiger partial charge in [-0.3, -0.25) is 4.79 Å². The van der Waals surface area contributed by atoms with Gasteiger partial charge in [0, 0.05) is 50.5 Å². The monoisotopic (exact) mass is 405 g/mol. The minimum Gasteiger partial charge on any atom is -0.381 e. The highest BCUT2D eigenvalue weighted by Crippen LogP contribution is 2.30. The number of nitrogens with one attached hydrogen (secondary N) is 1. The fraction of sp³-hybridized carbons (Fsp3) is 0.762. The summed E-state index contributed by atoms with van der Waals surface area (Å²) in [6.45, 7) is 10.0. The average molecular weight is 406 g/mol. The van der Waals surface area contributed by atoms with E-state index in [1.165, 1.54) is 0 Å². The molecule has 1 amide bonds. The highest BCUT2D eigenvalue weighted by Gasteiger charge is 2.34. The van der Waals surface area contributed by atoms with E-state index in [1.54, 1.807) is 0 Å². The zero-order chi connectivity index (χ0) is 20.9. The lowest BCUT2D eigenvalue weighted by molar-refractivity contribution is 0.00282. The lowest BCUT2D eigenvalue weighted by atomic mass is 9.79. The molecule has 0 spiro atoms. The maximum Gasteiger partial charge on any atom is 0.270 e. The third kappa shape index (κ3) is 5.87. The molecule has 8 heteroatoms. The van der Waals surface area contributed by atoms with Crippen LogP contribution in [0.2, 0.25) is 0 Å². The zero-order valence-electron chi connectivity index (χ0n) is 18.2. The van der Waals surface area contributed by atoms with Crippen molar-refractivity contribution >= 4 is 11.9 Å². The van der Waals surface area contributed by atoms with Gasteiger partial charge in [-0.15, -0.1) is 0 Å². The minimum atomic E-state index is -0.131. The van der Waals surface area contributed by atoms with E-state index >= 15 is 0 Å². The van der Waals surface area contributed by atoms with Crippen LogP contribution in [0.5, 0.6) is 0 Å². The molecule has 0 saturated carbocycles. The number of nitrogens with zero attached hydrogens (tertiary/aromatic N) is 4. The lowest BCUT2D eigenvalue weighted by Gasteiger charge is -2.39. The van der Waals surface area contributed by atoms with Crippen LogP contribution >= 0.6 is 0 Å². The molecule has 0 aliphatic carbocycles. The Labute approximate surface area is 174 Å². The molecule has 2 fully saturated rings. The molecule has 162 valence electrons. The van der Waals surface area contributed by atoms with Crippen LogP contribution in [0, 0.1) is 5.41 Å². The van der Waals surface area contributed by atoms with Gasteiger partial charge in [-0.1, -0.05) is 13.8 Å². The summed E-state index contributed by atoms with van der Waals surface area (Å²) in [5.74, 6) is 0.715. The Kier molecular flexibility index (Phi) is 7.43. The van der Waals surface area contributed by atoms with Crippen LogP contribution in [0.1, 0.15) is 48.8 Å². The fourth-order valence-corrected chi connectivity index (χ4v) is 3.99. The van der Waals surface area contributed by atoms with E-state index in [4.69, 9.17) is 14.5 Å². The first kappa shape index (κ1) is 21.9. The Morgan fingerprint density at radius 1 is 1.17 bits per heavy atom. The molecule has 0 atom stereocenters. The summed E-state index contributed by atoms with van der Waals surface area (Å²) in [5, 5.41) is 3.16. The molecule has 2 saturated heterocycles. The molecule has 0 aromatic carbocycles. The molecule has 3 rings (SSSR count). The van der Waals surface area contributed by atoms with Gasteiger partial charge in [-0.25, -0.2) is 9.97 Å². The molecule has 0 bridgehead atoms. The predicted molar refractivity (Wildman–Crippen MR) is 113 cm³/mol. The quantitative estimate of drug-likeness (QED) is 0.737. The maximum atomic E-state index is 13.0. The number of carbonyl (C=O) groups is 1. The van der Waals surface area contributed by atoms with Gasteiger partial charge < -0.3 is 24.6 Å². The Bertz CT molecular complexity index is 683. The number of amides is 1. The second-order valence-corrected chi connectivity index (χ2v) is 8.77. The molecule has 29 heavy (non-hydrogen) atoms. The Morgan fingerprint density at radius 3 is 2.45 bits per heavy atom. The van der Waals surface area contributed by atoms with Gasteiger partial charge in [0.15, 0.2) is 0 Å². The second-order valence-electron chi connectivity index (χ2n) is 8.77. The highest BCUT2D eigenvalue weighted by molar-refractivity contribution is 5.92. The van der Waals surface area contributed by atoms with E-state index in [0.29, 0.717) is 31.4 Å². The molecule has 2 aliphatic rings. The standard InChI is InChI=1S/C21H35N5O3/c1-16(2)17-13-18(24-20(23-17)26-7-11-29-12-8-26)19(27)22-14-21(15-25(3)4)5-9-28-10-6-21/h13,16H,5-12,14-15H2,1-4H3,(H,22,27). The van der Waals surface area contributed by atoms with Crippen molar-refractivity contribution in [2.75, 3.05) is 71.6 Å². The Hall–Kier alpha value is -1.77. The summed E-state index contributed by atoms with van der Waals surface area (Å²) in [4.78, 5) is 26.6. The molecule has 0 radical (unpaired) electrons. The van der Waals surface area contributed by atoms with Gasteiger partial charge in [0.2, 0.25) is 5.95 Å². The number of hydrogen-bond donors (Lipinski definition) is 1. The lowest BCUT2D eigenvalue weighted by Crippen LogP contribution is -2.47. The van der Waals surface area contributed by atoms with Gasteiger partial charge in [0.25, 0.3) is 5.91 Å². The topological polar surface area (TPSA) is 79.8 Å². The van der Waals surface area contributed by atoms with Crippen LogP contribution in [0.25, 0.3) is 0 Å². The maximum absolute atomic E-state index is 13.0. The molecule has 2 aliphatic heterocycles. The van der Waals surface area contributed by atoms with Gasteiger partial charge in [-0.05, 0) is 38.9 Å². The zero-order valence-corrected chi connectivity index (χ0v) is 18.2. The van der Waals surface area contributed by atoms with E-state index in [0.717, 1.165) is 51.4 Å². The first-order valence-corrected chi connectivity index (χ1v) is 10.6. The SMILES string of the molecule is CC(C)c1cc(C(=O)NCC2(CN(C)C)CCOCC2)nc(N2CCOCC2)n1. The van der Waals surface area contributed by atoms with Crippen molar-refractivity contribution in [3.05, 3.63) is 17.5 Å². The van der Waals surface area contributed by atoms with Crippen LogP contribution in [0.3, 0.4) is 0 Å². The first-order valence-electron chi connectivity index (χ1n) is 10.6. The van der Waals surface area contributed by atoms with Crippen molar-refractivity contribution < 1.29 is 14.3 Å². The largest absolute Gasteiger partial charge is 0.381 e. The number of morpholine rings is 1. The summed E-state index contributed by atoms with van der Waals surface area (Å²) < 4.78 is 11.0. The molecule has 1 aromatic heterocycles. The van der Waals surface area contributed by atoms with E-state index in [1.807, 2.05) is 6.07 Å². The average Bonchev–Trinajstić information content (AvgIpc) is 2.72. The predicted octanol–water partition coefficient (Wildman–Crippen LogP) is 1.52. The van der Waals surface area contributed by atoms with E-state index in [9.17, 15) is 4.79 Å². The van der Waals surface area contributed by atoms with Crippen molar-refractivity contribution in [3.8, 4) is 0 Å². The summed E-state index contributed by atoms with van der Waals surface area (Å²) in [6, 6.07) is 1.83. The highest BCUT2D eigenvalue weighted by atomic mass is 16.5. The second kappa shape index (κ2) is 9.82. The molecular formula is C21H35N5O3. The molecular weight excluding hydrogens is 370 g/mol. The van der Waals surface area contributed by atoms with Crippen LogP contribution in [0.15, 0.2) is 6.07 Å². The Balaban J connectivity index is 1.75. The van der Waals surface area contributed by atoms with Crippen LogP contribution < -0.4 is 10.2 Å². The number of rotatable bonds is 7. The van der Waals surface area contributed by atoms with Crippen molar-refractivity contribution in [3.63, 3.8) is 0 Å². The summed E-state index contributed by atoms with van der Waals surface area (Å²) in [7, 11) is 4.15. The number of hydrogen-bond acceptors (Lipinski definition) is 7. The van der Waals surface area contributed by atoms with Crippen LogP contribution in [-0.4, -0.2) is 87.5 Å². The first-order chi connectivity index (χ1) is 13.9. The smallest absolute Gasteiger partial charge is 0.270 e. The number of aromatic nitrogens is 2. The van der Waals surface area contributed by atoms with Crippen molar-refractivity contribution in [2.45, 2.75) is 32.6 Å². The normalized spacial score (nSPS) is 19.6. The fourth-order valence-electron chi connectivity index (χ4n) is 3.99. The van der Waals surface area contributed by atoms with Crippen LogP contribution in [0.4, 0.5) is 5.95 Å². The van der Waals surface area contributed by atoms with Gasteiger partial charge in [-0.2, -0.15) is 0 Å². The summed E-state index contributed by atoms with van der Waals surface area (Å²) >= 11 is 0. The van der Waals surface area contributed by atoms with Crippen LogP contribution in [-0.2, 0) is 9.47 Å². The molecule has 0 unspecified atom stereocenters.